The van der Waals surface area contributed by atoms with E-state index in [1.54, 1.807) is 24.3 Å². The Morgan fingerprint density at radius 1 is 1.16 bits per heavy atom. The highest BCUT2D eigenvalue weighted by Gasteiger charge is 2.33. The fraction of sp³-hybridized carbons (Fsp3) is 0.391. The van der Waals surface area contributed by atoms with E-state index in [0.717, 1.165) is 24.3 Å². The van der Waals surface area contributed by atoms with E-state index in [-0.39, 0.29) is 41.5 Å². The molecule has 1 unspecified atom stereocenters. The standard InChI is InChI=1S/C23H29ClN4O2.HI/c1-4-25-22(27-14-13-26-21(29)16-9-5-7-11-18(16)24)28-19-15-23(2,3)30-20-12-8-6-10-17(19)20;/h5-12,19H,4,13-15H2,1-3H3,(H,26,29)(H2,25,27,28);1H. The van der Waals surface area contributed by atoms with E-state index >= 15 is 0 Å². The van der Waals surface area contributed by atoms with Crippen LogP contribution in [0.15, 0.2) is 53.5 Å². The number of halogens is 2. The van der Waals surface area contributed by atoms with Crippen molar-refractivity contribution in [2.24, 2.45) is 4.99 Å². The number of carbonyl (C=O) groups excluding carboxylic acids is 1. The Bertz CT molecular complexity index is 920. The normalized spacial score (nSPS) is 16.9. The van der Waals surface area contributed by atoms with Crippen LogP contribution >= 0.6 is 35.6 Å². The maximum Gasteiger partial charge on any atom is 0.252 e. The molecule has 0 spiro atoms. The van der Waals surface area contributed by atoms with Crippen LogP contribution in [0.1, 0.15) is 49.2 Å². The zero-order valence-electron chi connectivity index (χ0n) is 18.1. The van der Waals surface area contributed by atoms with Gasteiger partial charge in [0.25, 0.3) is 5.91 Å². The molecule has 0 fully saturated rings. The number of aliphatic imine (C=N–C) groups is 1. The number of hydrogen-bond acceptors (Lipinski definition) is 3. The Morgan fingerprint density at radius 2 is 1.87 bits per heavy atom. The van der Waals surface area contributed by atoms with Crippen molar-refractivity contribution in [3.05, 3.63) is 64.7 Å². The Hall–Kier alpha value is -2.00. The molecule has 6 nitrogen and oxygen atoms in total. The summed E-state index contributed by atoms with van der Waals surface area (Å²) < 4.78 is 6.11. The summed E-state index contributed by atoms with van der Waals surface area (Å²) in [6.45, 7) is 7.80. The lowest BCUT2D eigenvalue weighted by atomic mass is 9.90. The van der Waals surface area contributed by atoms with E-state index in [9.17, 15) is 4.79 Å². The number of fused-ring (bicyclic) bond motifs is 1. The molecule has 0 aromatic heterocycles. The van der Waals surface area contributed by atoms with Crippen LogP contribution in [0, 0.1) is 0 Å². The first kappa shape index (κ1) is 25.3. The topological polar surface area (TPSA) is 74.8 Å². The van der Waals surface area contributed by atoms with Crippen molar-refractivity contribution in [1.82, 2.24) is 16.0 Å². The van der Waals surface area contributed by atoms with E-state index in [1.165, 1.54) is 0 Å². The van der Waals surface area contributed by atoms with Crippen LogP contribution < -0.4 is 20.7 Å². The molecule has 2 aromatic rings. The molecule has 3 N–H and O–H groups in total. The van der Waals surface area contributed by atoms with Crippen molar-refractivity contribution in [2.75, 3.05) is 19.6 Å². The summed E-state index contributed by atoms with van der Waals surface area (Å²) in [5, 5.41) is 10.1. The van der Waals surface area contributed by atoms with Crippen LogP contribution in [0.2, 0.25) is 5.02 Å². The van der Waals surface area contributed by atoms with E-state index in [4.69, 9.17) is 16.3 Å². The van der Waals surface area contributed by atoms with Crippen molar-refractivity contribution in [2.45, 2.75) is 38.8 Å². The van der Waals surface area contributed by atoms with Gasteiger partial charge in [0.05, 0.1) is 23.2 Å². The average Bonchev–Trinajstić information content (AvgIpc) is 2.70. The van der Waals surface area contributed by atoms with Gasteiger partial charge in [0.2, 0.25) is 0 Å². The number of hydrogen-bond donors (Lipinski definition) is 3. The predicted molar refractivity (Wildman–Crippen MR) is 137 cm³/mol. The van der Waals surface area contributed by atoms with E-state index in [1.807, 2.05) is 25.1 Å². The number of guanidine groups is 1. The maximum absolute atomic E-state index is 12.3. The molecule has 1 aliphatic rings. The highest BCUT2D eigenvalue weighted by Crippen LogP contribution is 2.39. The molecule has 0 aliphatic carbocycles. The zero-order chi connectivity index (χ0) is 21.6. The van der Waals surface area contributed by atoms with Gasteiger partial charge in [0.1, 0.15) is 11.4 Å². The second kappa shape index (κ2) is 11.6. The number of rotatable bonds is 6. The summed E-state index contributed by atoms with van der Waals surface area (Å²) in [4.78, 5) is 16.9. The van der Waals surface area contributed by atoms with Crippen molar-refractivity contribution in [3.63, 3.8) is 0 Å². The predicted octanol–water partition coefficient (Wildman–Crippen LogP) is 4.55. The molecule has 168 valence electrons. The maximum atomic E-state index is 12.3. The lowest BCUT2D eigenvalue weighted by Crippen LogP contribution is -2.45. The Kier molecular flexibility index (Phi) is 9.43. The average molecular weight is 557 g/mol. The number of amides is 1. The minimum absolute atomic E-state index is 0. The van der Waals surface area contributed by atoms with Gasteiger partial charge in [-0.05, 0) is 39.0 Å². The molecule has 1 heterocycles. The first-order chi connectivity index (χ1) is 14.4. The van der Waals surface area contributed by atoms with Gasteiger partial charge in [0, 0.05) is 25.1 Å². The second-order valence-corrected chi connectivity index (χ2v) is 8.20. The summed E-state index contributed by atoms with van der Waals surface area (Å²) >= 11 is 6.08. The van der Waals surface area contributed by atoms with Gasteiger partial charge in [-0.15, -0.1) is 24.0 Å². The van der Waals surface area contributed by atoms with Crippen LogP contribution in [-0.4, -0.2) is 37.1 Å². The van der Waals surface area contributed by atoms with Gasteiger partial charge in [-0.1, -0.05) is 41.9 Å². The van der Waals surface area contributed by atoms with Gasteiger partial charge >= 0.3 is 0 Å². The molecular formula is C23H30ClIN4O2. The monoisotopic (exact) mass is 556 g/mol. The van der Waals surface area contributed by atoms with E-state index in [0.29, 0.717) is 29.6 Å². The van der Waals surface area contributed by atoms with Crippen LogP contribution in [0.4, 0.5) is 0 Å². The second-order valence-electron chi connectivity index (χ2n) is 7.80. The highest BCUT2D eigenvalue weighted by atomic mass is 127. The van der Waals surface area contributed by atoms with Crippen LogP contribution in [0.5, 0.6) is 5.75 Å². The van der Waals surface area contributed by atoms with Gasteiger partial charge < -0.3 is 20.7 Å². The van der Waals surface area contributed by atoms with Crippen LogP contribution in [-0.2, 0) is 0 Å². The summed E-state index contributed by atoms with van der Waals surface area (Å²) in [5.74, 6) is 1.41. The SMILES string of the molecule is CCNC(=NCCNC(=O)c1ccccc1Cl)NC1CC(C)(C)Oc2ccccc21.I. The van der Waals surface area contributed by atoms with E-state index < -0.39 is 0 Å². The minimum Gasteiger partial charge on any atom is -0.487 e. The molecule has 8 heteroatoms. The molecule has 0 saturated heterocycles. The number of ether oxygens (including phenoxy) is 1. The molecule has 1 aliphatic heterocycles. The zero-order valence-corrected chi connectivity index (χ0v) is 21.2. The number of nitrogens with zero attached hydrogens (tertiary/aromatic N) is 1. The molecule has 1 atom stereocenters. The first-order valence-electron chi connectivity index (χ1n) is 10.2. The van der Waals surface area contributed by atoms with E-state index in [2.05, 4.69) is 40.9 Å². The smallest absolute Gasteiger partial charge is 0.252 e. The van der Waals surface area contributed by atoms with Gasteiger partial charge in [0.15, 0.2) is 5.96 Å². The highest BCUT2D eigenvalue weighted by molar-refractivity contribution is 14.0. The summed E-state index contributed by atoms with van der Waals surface area (Å²) in [5.41, 5.74) is 1.32. The molecule has 1 amide bonds. The number of para-hydroxylation sites is 1. The molecule has 0 radical (unpaired) electrons. The number of carbonyl (C=O) groups is 1. The third kappa shape index (κ3) is 7.00. The van der Waals surface area contributed by atoms with Crippen molar-refractivity contribution in [3.8, 4) is 5.75 Å². The minimum atomic E-state index is -0.272. The Labute approximate surface area is 206 Å². The lowest BCUT2D eigenvalue weighted by molar-refractivity contribution is 0.0694. The molecule has 2 aromatic carbocycles. The molecule has 31 heavy (non-hydrogen) atoms. The van der Waals surface area contributed by atoms with Crippen molar-refractivity contribution >= 4 is 47.4 Å². The third-order valence-electron chi connectivity index (χ3n) is 4.82. The summed E-state index contributed by atoms with van der Waals surface area (Å²) in [6.07, 6.45) is 0.817. The first-order valence-corrected chi connectivity index (χ1v) is 10.6. The quantitative estimate of drug-likeness (QED) is 0.211. The Morgan fingerprint density at radius 3 is 2.61 bits per heavy atom. The molecule has 0 bridgehead atoms. The van der Waals surface area contributed by atoms with Crippen LogP contribution in [0.3, 0.4) is 0 Å². The van der Waals surface area contributed by atoms with Gasteiger partial charge in [-0.2, -0.15) is 0 Å². The van der Waals surface area contributed by atoms with Crippen LogP contribution in [0.25, 0.3) is 0 Å². The summed E-state index contributed by atoms with van der Waals surface area (Å²) in [6, 6.07) is 15.2. The van der Waals surface area contributed by atoms with Crippen molar-refractivity contribution < 1.29 is 9.53 Å². The Balaban J connectivity index is 0.00000341. The number of nitrogens with one attached hydrogen (secondary N) is 3. The molecular weight excluding hydrogens is 527 g/mol. The largest absolute Gasteiger partial charge is 0.487 e. The molecule has 0 saturated carbocycles. The molecule has 3 rings (SSSR count). The van der Waals surface area contributed by atoms with Crippen molar-refractivity contribution in [1.29, 1.82) is 0 Å². The number of benzene rings is 2. The fourth-order valence-electron chi connectivity index (χ4n) is 3.49. The van der Waals surface area contributed by atoms with Gasteiger partial charge in [-0.3, -0.25) is 9.79 Å². The lowest BCUT2D eigenvalue weighted by Gasteiger charge is -2.38. The summed E-state index contributed by atoms with van der Waals surface area (Å²) in [7, 11) is 0. The van der Waals surface area contributed by atoms with Gasteiger partial charge in [-0.25, -0.2) is 0 Å². The fourth-order valence-corrected chi connectivity index (χ4v) is 3.72. The third-order valence-corrected chi connectivity index (χ3v) is 5.15.